The van der Waals surface area contributed by atoms with Crippen LogP contribution in [-0.4, -0.2) is 4.57 Å². The van der Waals surface area contributed by atoms with E-state index in [4.69, 9.17) is 0 Å². The molecule has 0 fully saturated rings. The molecule has 0 saturated carbocycles. The number of aromatic nitrogens is 1. The highest BCUT2D eigenvalue weighted by Gasteiger charge is 2.09. The molecule has 3 rings (SSSR count). The zero-order valence-electron chi connectivity index (χ0n) is 10.4. The summed E-state index contributed by atoms with van der Waals surface area (Å²) >= 11 is 3.62. The Balaban J connectivity index is 2.41. The van der Waals surface area contributed by atoms with Crippen LogP contribution in [0, 0.1) is 13.8 Å². The summed E-state index contributed by atoms with van der Waals surface area (Å²) in [6.45, 7) is 4.29. The molecule has 0 atom stereocenters. The Bertz CT molecular complexity index is 706. The van der Waals surface area contributed by atoms with E-state index in [-0.39, 0.29) is 0 Å². The lowest BCUT2D eigenvalue weighted by atomic mass is 10.1. The first-order chi connectivity index (χ1) is 8.68. The molecule has 0 bridgehead atoms. The lowest BCUT2D eigenvalue weighted by Gasteiger charge is -2.13. The van der Waals surface area contributed by atoms with Gasteiger partial charge in [0.2, 0.25) is 0 Å². The molecule has 0 aliphatic carbocycles. The van der Waals surface area contributed by atoms with E-state index in [1.54, 1.807) is 0 Å². The van der Waals surface area contributed by atoms with Gasteiger partial charge in [0.05, 0.1) is 5.69 Å². The molecule has 2 aromatic carbocycles. The average Bonchev–Trinajstić information content (AvgIpc) is 2.71. The van der Waals surface area contributed by atoms with Crippen molar-refractivity contribution in [2.24, 2.45) is 0 Å². The Morgan fingerprint density at radius 1 is 0.778 bits per heavy atom. The molecule has 0 spiro atoms. The summed E-state index contributed by atoms with van der Waals surface area (Å²) in [6.07, 6.45) is 0. The molecule has 0 unspecified atom stereocenters. The molecule has 0 N–H and O–H groups in total. The number of benzene rings is 2. The molecular weight excluding hydrogens is 286 g/mol. The van der Waals surface area contributed by atoms with Gasteiger partial charge in [-0.25, -0.2) is 0 Å². The largest absolute Gasteiger partial charge is 0.318 e. The van der Waals surface area contributed by atoms with Crippen LogP contribution in [0.1, 0.15) is 11.4 Å². The first kappa shape index (κ1) is 11.5. The van der Waals surface area contributed by atoms with Crippen LogP contribution in [0.5, 0.6) is 0 Å². The van der Waals surface area contributed by atoms with E-state index in [1.165, 1.54) is 27.8 Å². The van der Waals surface area contributed by atoms with Crippen LogP contribution in [-0.2, 0) is 0 Å². The van der Waals surface area contributed by atoms with Gasteiger partial charge in [-0.3, -0.25) is 0 Å². The van der Waals surface area contributed by atoms with E-state index in [9.17, 15) is 0 Å². The maximum atomic E-state index is 3.62. The summed E-state index contributed by atoms with van der Waals surface area (Å²) < 4.78 is 3.44. The molecule has 18 heavy (non-hydrogen) atoms. The van der Waals surface area contributed by atoms with Gasteiger partial charge in [0.15, 0.2) is 0 Å². The van der Waals surface area contributed by atoms with Crippen molar-refractivity contribution in [2.75, 3.05) is 0 Å². The van der Waals surface area contributed by atoms with E-state index in [2.05, 4.69) is 82.9 Å². The van der Waals surface area contributed by atoms with Gasteiger partial charge in [-0.15, -0.1) is 0 Å². The Labute approximate surface area is 115 Å². The van der Waals surface area contributed by atoms with Crippen molar-refractivity contribution >= 4 is 26.7 Å². The summed E-state index contributed by atoms with van der Waals surface area (Å²) in [5.74, 6) is 0. The number of hydrogen-bond acceptors (Lipinski definition) is 0. The zero-order valence-corrected chi connectivity index (χ0v) is 12.0. The first-order valence-electron chi connectivity index (χ1n) is 6.01. The number of rotatable bonds is 1. The van der Waals surface area contributed by atoms with E-state index >= 15 is 0 Å². The summed E-state index contributed by atoms with van der Waals surface area (Å²) in [5.41, 5.74) is 3.77. The third-order valence-corrected chi connectivity index (χ3v) is 4.05. The first-order valence-corrected chi connectivity index (χ1v) is 6.80. The number of aryl methyl sites for hydroxylation is 2. The predicted molar refractivity (Wildman–Crippen MR) is 80.4 cm³/mol. The van der Waals surface area contributed by atoms with Gasteiger partial charge in [0.1, 0.15) is 0 Å². The normalized spacial score (nSPS) is 11.1. The third-order valence-electron chi connectivity index (χ3n) is 3.36. The fourth-order valence-corrected chi connectivity index (χ4v) is 2.97. The fourth-order valence-electron chi connectivity index (χ4n) is 2.49. The number of halogens is 1. The van der Waals surface area contributed by atoms with Gasteiger partial charge in [-0.05, 0) is 43.5 Å². The van der Waals surface area contributed by atoms with Crippen LogP contribution in [0.2, 0.25) is 0 Å². The van der Waals surface area contributed by atoms with Crippen molar-refractivity contribution in [3.05, 3.63) is 64.4 Å². The Kier molecular flexibility index (Phi) is 2.75. The van der Waals surface area contributed by atoms with Crippen molar-refractivity contribution in [1.29, 1.82) is 0 Å². The molecule has 1 heterocycles. The smallest absolute Gasteiger partial charge is 0.0534 e. The summed E-state index contributed by atoms with van der Waals surface area (Å²) in [6, 6.07) is 17.1. The highest BCUT2D eigenvalue weighted by molar-refractivity contribution is 9.10. The van der Waals surface area contributed by atoms with Crippen molar-refractivity contribution < 1.29 is 0 Å². The van der Waals surface area contributed by atoms with Gasteiger partial charge in [0, 0.05) is 21.2 Å². The lowest BCUT2D eigenvalue weighted by Crippen LogP contribution is -1.99. The van der Waals surface area contributed by atoms with Crippen LogP contribution < -0.4 is 0 Å². The average molecular weight is 300 g/mol. The Morgan fingerprint density at radius 2 is 1.39 bits per heavy atom. The standard InChI is InChI=1S/C16H14BrN/c1-11-7-8-12(2)18(11)16-10-9-15(17)13-5-3-4-6-14(13)16/h3-10H,1-2H3. The molecule has 0 radical (unpaired) electrons. The van der Waals surface area contributed by atoms with Gasteiger partial charge >= 0.3 is 0 Å². The molecular formula is C16H14BrN. The van der Waals surface area contributed by atoms with Crippen molar-refractivity contribution in [2.45, 2.75) is 13.8 Å². The van der Waals surface area contributed by atoms with Crippen molar-refractivity contribution in [3.8, 4) is 5.69 Å². The van der Waals surface area contributed by atoms with E-state index in [0.29, 0.717) is 0 Å². The van der Waals surface area contributed by atoms with Gasteiger partial charge < -0.3 is 4.57 Å². The monoisotopic (exact) mass is 299 g/mol. The number of nitrogens with zero attached hydrogens (tertiary/aromatic N) is 1. The minimum atomic E-state index is 1.14. The van der Waals surface area contributed by atoms with E-state index in [0.717, 1.165) is 4.47 Å². The van der Waals surface area contributed by atoms with Crippen molar-refractivity contribution in [3.63, 3.8) is 0 Å². The molecule has 0 amide bonds. The highest BCUT2D eigenvalue weighted by atomic mass is 79.9. The van der Waals surface area contributed by atoms with Crippen LogP contribution in [0.25, 0.3) is 16.5 Å². The van der Waals surface area contributed by atoms with E-state index < -0.39 is 0 Å². The molecule has 1 nitrogen and oxygen atoms in total. The van der Waals surface area contributed by atoms with Gasteiger partial charge in [-0.2, -0.15) is 0 Å². The van der Waals surface area contributed by atoms with Crippen LogP contribution in [0.15, 0.2) is 53.0 Å². The minimum absolute atomic E-state index is 1.14. The fraction of sp³-hybridized carbons (Fsp3) is 0.125. The minimum Gasteiger partial charge on any atom is -0.318 e. The van der Waals surface area contributed by atoms with Crippen LogP contribution in [0.3, 0.4) is 0 Å². The maximum Gasteiger partial charge on any atom is 0.0534 e. The Hall–Kier alpha value is -1.54. The van der Waals surface area contributed by atoms with Crippen LogP contribution >= 0.6 is 15.9 Å². The number of hydrogen-bond donors (Lipinski definition) is 0. The predicted octanol–water partition coefficient (Wildman–Crippen LogP) is 5.01. The topological polar surface area (TPSA) is 4.93 Å². The highest BCUT2D eigenvalue weighted by Crippen LogP contribution is 2.30. The molecule has 0 aliphatic heterocycles. The SMILES string of the molecule is Cc1ccc(C)n1-c1ccc(Br)c2ccccc12. The molecule has 1 aromatic heterocycles. The summed E-state index contributed by atoms with van der Waals surface area (Å²) in [7, 11) is 0. The molecule has 0 aliphatic rings. The number of fused-ring (bicyclic) bond motifs is 1. The lowest BCUT2D eigenvalue weighted by molar-refractivity contribution is 0.974. The Morgan fingerprint density at radius 3 is 2.06 bits per heavy atom. The molecule has 2 heteroatoms. The molecule has 90 valence electrons. The summed E-state index contributed by atoms with van der Waals surface area (Å²) in [5, 5.41) is 2.52. The van der Waals surface area contributed by atoms with Crippen molar-refractivity contribution in [1.82, 2.24) is 4.57 Å². The maximum absolute atomic E-state index is 3.62. The second-order valence-electron chi connectivity index (χ2n) is 4.56. The van der Waals surface area contributed by atoms with Crippen LogP contribution in [0.4, 0.5) is 0 Å². The quantitative estimate of drug-likeness (QED) is 0.595. The summed E-state index contributed by atoms with van der Waals surface area (Å²) in [4.78, 5) is 0. The third kappa shape index (κ3) is 1.68. The molecule has 3 aromatic rings. The van der Waals surface area contributed by atoms with Gasteiger partial charge in [-0.1, -0.05) is 40.2 Å². The second-order valence-corrected chi connectivity index (χ2v) is 5.42. The van der Waals surface area contributed by atoms with E-state index in [1.807, 2.05) is 0 Å². The van der Waals surface area contributed by atoms with Gasteiger partial charge in [0.25, 0.3) is 0 Å². The molecule has 0 saturated heterocycles. The zero-order chi connectivity index (χ0) is 12.7. The second kappa shape index (κ2) is 4.29.